The average molecular weight is 480 g/mol. The smallest absolute Gasteiger partial charge is 0.242 e. The molecular formula is C24H25N5O4S. The van der Waals surface area contributed by atoms with Gasteiger partial charge >= 0.3 is 0 Å². The highest BCUT2D eigenvalue weighted by molar-refractivity contribution is 7.89. The van der Waals surface area contributed by atoms with Gasteiger partial charge in [-0.3, -0.25) is 9.20 Å². The number of methoxy groups -OCH3 is 1. The van der Waals surface area contributed by atoms with Crippen LogP contribution in [0.1, 0.15) is 13.8 Å². The minimum Gasteiger partial charge on any atom is -0.497 e. The molecule has 1 atom stereocenters. The van der Waals surface area contributed by atoms with Gasteiger partial charge in [-0.25, -0.2) is 18.4 Å². The van der Waals surface area contributed by atoms with Crippen molar-refractivity contribution in [2.45, 2.75) is 24.8 Å². The molecule has 0 unspecified atom stereocenters. The van der Waals surface area contributed by atoms with E-state index in [4.69, 9.17) is 4.74 Å². The summed E-state index contributed by atoms with van der Waals surface area (Å²) in [6.45, 7) is 3.56. The number of carbonyl (C=O) groups excluding carboxylic acids is 1. The quantitative estimate of drug-likeness (QED) is 0.401. The van der Waals surface area contributed by atoms with E-state index in [-0.39, 0.29) is 10.8 Å². The summed E-state index contributed by atoms with van der Waals surface area (Å²) in [5.74, 6) is 0.411. The second-order valence-corrected chi connectivity index (χ2v) is 9.75. The number of aromatic nitrogens is 3. The molecule has 4 aromatic rings. The van der Waals surface area contributed by atoms with Gasteiger partial charge in [-0.15, -0.1) is 0 Å². The average Bonchev–Trinajstić information content (AvgIpc) is 3.27. The fourth-order valence-corrected chi connectivity index (χ4v) is 4.74. The summed E-state index contributed by atoms with van der Waals surface area (Å²) in [5, 5.41) is 2.80. The summed E-state index contributed by atoms with van der Waals surface area (Å²) >= 11 is 0. The topological polar surface area (TPSA) is 115 Å². The van der Waals surface area contributed by atoms with Crippen molar-refractivity contribution in [3.05, 3.63) is 73.2 Å². The molecule has 0 radical (unpaired) electrons. The van der Waals surface area contributed by atoms with Gasteiger partial charge in [-0.1, -0.05) is 26.0 Å². The number of sulfonamides is 1. The van der Waals surface area contributed by atoms with Crippen LogP contribution in [0.3, 0.4) is 0 Å². The Morgan fingerprint density at radius 2 is 1.76 bits per heavy atom. The number of carbonyl (C=O) groups is 1. The molecular weight excluding hydrogens is 454 g/mol. The van der Waals surface area contributed by atoms with Crippen molar-refractivity contribution in [1.82, 2.24) is 19.1 Å². The number of ether oxygens (including phenoxy) is 1. The molecule has 0 fully saturated rings. The van der Waals surface area contributed by atoms with E-state index in [2.05, 4.69) is 20.0 Å². The van der Waals surface area contributed by atoms with Crippen LogP contribution >= 0.6 is 0 Å². The molecule has 2 N–H and O–H groups in total. The summed E-state index contributed by atoms with van der Waals surface area (Å²) in [6, 6.07) is 14.0. The second-order valence-electron chi connectivity index (χ2n) is 8.04. The number of nitrogens with one attached hydrogen (secondary N) is 2. The highest BCUT2D eigenvalue weighted by atomic mass is 32.2. The highest BCUT2D eigenvalue weighted by Crippen LogP contribution is 2.22. The monoisotopic (exact) mass is 479 g/mol. The predicted molar refractivity (Wildman–Crippen MR) is 129 cm³/mol. The third-order valence-corrected chi connectivity index (χ3v) is 6.74. The lowest BCUT2D eigenvalue weighted by molar-refractivity contribution is -0.118. The van der Waals surface area contributed by atoms with E-state index >= 15 is 0 Å². The Morgan fingerprint density at radius 1 is 1.06 bits per heavy atom. The van der Waals surface area contributed by atoms with Gasteiger partial charge in [0.15, 0.2) is 0 Å². The van der Waals surface area contributed by atoms with Gasteiger partial charge < -0.3 is 10.1 Å². The molecule has 0 spiro atoms. The van der Waals surface area contributed by atoms with Gasteiger partial charge in [0.05, 0.1) is 17.7 Å². The van der Waals surface area contributed by atoms with Crippen LogP contribution in [-0.2, 0) is 14.8 Å². The number of hydrogen-bond acceptors (Lipinski definition) is 6. The minimum absolute atomic E-state index is 0.0537. The van der Waals surface area contributed by atoms with Crippen LogP contribution in [0.15, 0.2) is 78.1 Å². The molecule has 0 saturated carbocycles. The van der Waals surface area contributed by atoms with Gasteiger partial charge in [0.2, 0.25) is 21.7 Å². The number of imidazole rings is 1. The van der Waals surface area contributed by atoms with E-state index in [0.29, 0.717) is 17.2 Å². The fourth-order valence-electron chi connectivity index (χ4n) is 3.40. The van der Waals surface area contributed by atoms with Crippen molar-refractivity contribution < 1.29 is 17.9 Å². The van der Waals surface area contributed by atoms with Gasteiger partial charge in [0, 0.05) is 29.8 Å². The molecule has 0 aliphatic carbocycles. The van der Waals surface area contributed by atoms with Crippen LogP contribution in [0.25, 0.3) is 17.0 Å². The highest BCUT2D eigenvalue weighted by Gasteiger charge is 2.28. The third kappa shape index (κ3) is 5.08. The summed E-state index contributed by atoms with van der Waals surface area (Å²) in [6.07, 6.45) is 5.42. The van der Waals surface area contributed by atoms with E-state index in [1.54, 1.807) is 44.3 Å². The summed E-state index contributed by atoms with van der Waals surface area (Å²) in [5.41, 5.74) is 2.16. The predicted octanol–water partition coefficient (Wildman–Crippen LogP) is 3.35. The van der Waals surface area contributed by atoms with Gasteiger partial charge in [-0.2, -0.15) is 4.72 Å². The lowest BCUT2D eigenvalue weighted by atomic mass is 10.0. The summed E-state index contributed by atoms with van der Waals surface area (Å²) in [7, 11) is -2.40. The maximum Gasteiger partial charge on any atom is 0.242 e. The van der Waals surface area contributed by atoms with Crippen LogP contribution in [-0.4, -0.2) is 41.8 Å². The van der Waals surface area contributed by atoms with Crippen molar-refractivity contribution in [2.24, 2.45) is 5.92 Å². The maximum atomic E-state index is 13.0. The zero-order valence-corrected chi connectivity index (χ0v) is 19.8. The molecule has 0 bridgehead atoms. The first-order valence-electron chi connectivity index (χ1n) is 10.6. The van der Waals surface area contributed by atoms with E-state index < -0.39 is 22.0 Å². The van der Waals surface area contributed by atoms with Gasteiger partial charge in [-0.05, 0) is 48.4 Å². The Labute approximate surface area is 197 Å². The molecule has 2 aromatic heterocycles. The maximum absolute atomic E-state index is 13.0. The molecule has 10 heteroatoms. The second kappa shape index (κ2) is 9.62. The summed E-state index contributed by atoms with van der Waals surface area (Å²) < 4.78 is 35.1. The molecule has 1 amide bonds. The first kappa shape index (κ1) is 23.4. The lowest BCUT2D eigenvalue weighted by Gasteiger charge is -2.22. The fraction of sp³-hybridized carbons (Fsp3) is 0.208. The van der Waals surface area contributed by atoms with E-state index in [1.165, 1.54) is 19.2 Å². The Hall–Kier alpha value is -3.76. The zero-order chi connectivity index (χ0) is 24.3. The van der Waals surface area contributed by atoms with E-state index in [9.17, 15) is 13.2 Å². The first-order valence-corrected chi connectivity index (χ1v) is 12.1. The number of benzene rings is 2. The normalized spacial score (nSPS) is 12.6. The number of fused-ring (bicyclic) bond motifs is 1. The number of amides is 1. The zero-order valence-electron chi connectivity index (χ0n) is 19.0. The number of anilines is 1. The third-order valence-electron chi connectivity index (χ3n) is 5.28. The van der Waals surface area contributed by atoms with Crippen molar-refractivity contribution in [3.8, 4) is 17.0 Å². The van der Waals surface area contributed by atoms with E-state index in [1.807, 2.05) is 35.0 Å². The Morgan fingerprint density at radius 3 is 2.38 bits per heavy atom. The van der Waals surface area contributed by atoms with Crippen LogP contribution in [0, 0.1) is 5.92 Å². The standard InChI is InChI=1S/C24H25N5O4S/c1-16(2)22(28-34(31,32)20-11-9-19(33-3)10-12-20)23(30)26-18-7-5-17(6-8-18)21-15-29-14-4-13-25-24(29)27-21/h4-16,22,28H,1-3H3,(H,26,30)/t22-/m0/s1. The van der Waals surface area contributed by atoms with Crippen molar-refractivity contribution >= 4 is 27.4 Å². The Kier molecular flexibility index (Phi) is 6.62. The molecule has 0 saturated heterocycles. The number of nitrogens with zero attached hydrogens (tertiary/aromatic N) is 3. The SMILES string of the molecule is COc1ccc(S(=O)(=O)N[C@H](C(=O)Nc2ccc(-c3cn4cccnc4n3)cc2)C(C)C)cc1. The lowest BCUT2D eigenvalue weighted by Crippen LogP contribution is -2.47. The molecule has 0 aliphatic heterocycles. The molecule has 4 rings (SSSR count). The first-order chi connectivity index (χ1) is 16.3. The Bertz CT molecular complexity index is 1360. The number of rotatable bonds is 8. The van der Waals surface area contributed by atoms with Crippen LogP contribution in [0.2, 0.25) is 0 Å². The number of hydrogen-bond donors (Lipinski definition) is 2. The Balaban J connectivity index is 1.47. The molecule has 2 heterocycles. The van der Waals surface area contributed by atoms with Crippen LogP contribution in [0.5, 0.6) is 5.75 Å². The van der Waals surface area contributed by atoms with Crippen LogP contribution < -0.4 is 14.8 Å². The largest absolute Gasteiger partial charge is 0.497 e. The minimum atomic E-state index is -3.91. The summed E-state index contributed by atoms with van der Waals surface area (Å²) in [4.78, 5) is 21.7. The van der Waals surface area contributed by atoms with Crippen molar-refractivity contribution in [1.29, 1.82) is 0 Å². The van der Waals surface area contributed by atoms with Crippen molar-refractivity contribution in [2.75, 3.05) is 12.4 Å². The molecule has 176 valence electrons. The van der Waals surface area contributed by atoms with Crippen molar-refractivity contribution in [3.63, 3.8) is 0 Å². The molecule has 34 heavy (non-hydrogen) atoms. The van der Waals surface area contributed by atoms with Gasteiger partial charge in [0.1, 0.15) is 11.8 Å². The van der Waals surface area contributed by atoms with Crippen LogP contribution in [0.4, 0.5) is 5.69 Å². The van der Waals surface area contributed by atoms with Gasteiger partial charge in [0.25, 0.3) is 0 Å². The molecule has 2 aromatic carbocycles. The van der Waals surface area contributed by atoms with E-state index in [0.717, 1.165) is 11.3 Å². The molecule has 9 nitrogen and oxygen atoms in total. The molecule has 0 aliphatic rings.